The molecule has 0 saturated heterocycles. The minimum absolute atomic E-state index is 0.117. The summed E-state index contributed by atoms with van der Waals surface area (Å²) in [6.07, 6.45) is 3.31. The minimum atomic E-state index is -0.117. The summed E-state index contributed by atoms with van der Waals surface area (Å²) < 4.78 is 6.96. The van der Waals surface area contributed by atoms with Crippen LogP contribution in [0.4, 0.5) is 0 Å². The SMILES string of the molecule is Cn1cc(Oc2nnc(CO)s2)cn1. The van der Waals surface area contributed by atoms with Gasteiger partial charge in [-0.3, -0.25) is 4.68 Å². The highest BCUT2D eigenvalue weighted by Gasteiger charge is 2.06. The first-order valence-electron chi connectivity index (χ1n) is 3.87. The Morgan fingerprint density at radius 1 is 1.57 bits per heavy atom. The molecule has 6 nitrogen and oxygen atoms in total. The topological polar surface area (TPSA) is 73.1 Å². The molecule has 0 amide bonds. The summed E-state index contributed by atoms with van der Waals surface area (Å²) in [6.45, 7) is -0.117. The lowest BCUT2D eigenvalue weighted by Gasteiger charge is -1.93. The van der Waals surface area contributed by atoms with Crippen molar-refractivity contribution in [1.29, 1.82) is 0 Å². The van der Waals surface area contributed by atoms with Gasteiger partial charge < -0.3 is 9.84 Å². The van der Waals surface area contributed by atoms with Crippen LogP contribution in [0.2, 0.25) is 0 Å². The van der Waals surface area contributed by atoms with Crippen molar-refractivity contribution < 1.29 is 9.84 Å². The van der Waals surface area contributed by atoms with Crippen LogP contribution in [0.15, 0.2) is 12.4 Å². The monoisotopic (exact) mass is 212 g/mol. The second-order valence-electron chi connectivity index (χ2n) is 2.57. The molecular weight excluding hydrogens is 204 g/mol. The fraction of sp³-hybridized carbons (Fsp3) is 0.286. The molecule has 0 radical (unpaired) electrons. The maximum Gasteiger partial charge on any atom is 0.299 e. The van der Waals surface area contributed by atoms with E-state index in [4.69, 9.17) is 9.84 Å². The van der Waals surface area contributed by atoms with Crippen LogP contribution >= 0.6 is 11.3 Å². The zero-order chi connectivity index (χ0) is 9.97. The molecule has 0 fully saturated rings. The Morgan fingerprint density at radius 2 is 2.43 bits per heavy atom. The highest BCUT2D eigenvalue weighted by molar-refractivity contribution is 7.13. The van der Waals surface area contributed by atoms with Crippen molar-refractivity contribution in [2.24, 2.45) is 7.05 Å². The molecule has 2 aromatic rings. The van der Waals surface area contributed by atoms with Gasteiger partial charge in [0, 0.05) is 7.05 Å². The molecule has 2 rings (SSSR count). The zero-order valence-corrected chi connectivity index (χ0v) is 8.23. The van der Waals surface area contributed by atoms with Crippen LogP contribution in [0, 0.1) is 0 Å². The van der Waals surface area contributed by atoms with Crippen molar-refractivity contribution in [3.63, 3.8) is 0 Å². The van der Waals surface area contributed by atoms with E-state index in [0.29, 0.717) is 16.0 Å². The number of aryl methyl sites for hydroxylation is 1. The van der Waals surface area contributed by atoms with E-state index in [9.17, 15) is 0 Å². The molecule has 7 heteroatoms. The highest BCUT2D eigenvalue weighted by Crippen LogP contribution is 2.23. The number of nitrogens with zero attached hydrogens (tertiary/aromatic N) is 4. The molecule has 2 heterocycles. The number of aromatic nitrogens is 4. The summed E-state index contributed by atoms with van der Waals surface area (Å²) >= 11 is 1.21. The van der Waals surface area contributed by atoms with Gasteiger partial charge in [-0.25, -0.2) is 0 Å². The summed E-state index contributed by atoms with van der Waals surface area (Å²) in [6, 6.07) is 0. The van der Waals surface area contributed by atoms with Crippen molar-refractivity contribution >= 4 is 11.3 Å². The Kier molecular flexibility index (Phi) is 2.42. The van der Waals surface area contributed by atoms with Crippen molar-refractivity contribution in [3.05, 3.63) is 17.4 Å². The first kappa shape index (κ1) is 9.10. The maximum absolute atomic E-state index is 8.76. The van der Waals surface area contributed by atoms with Gasteiger partial charge in [-0.05, 0) is 0 Å². The average Bonchev–Trinajstić information content (AvgIpc) is 2.76. The van der Waals surface area contributed by atoms with Crippen LogP contribution in [0.1, 0.15) is 5.01 Å². The zero-order valence-electron chi connectivity index (χ0n) is 7.41. The predicted molar refractivity (Wildman–Crippen MR) is 49.1 cm³/mol. The molecule has 14 heavy (non-hydrogen) atoms. The van der Waals surface area contributed by atoms with Gasteiger partial charge in [0.15, 0.2) is 5.75 Å². The van der Waals surface area contributed by atoms with Crippen LogP contribution in [-0.4, -0.2) is 25.1 Å². The van der Waals surface area contributed by atoms with E-state index >= 15 is 0 Å². The number of rotatable bonds is 3. The molecule has 74 valence electrons. The van der Waals surface area contributed by atoms with Crippen LogP contribution in [0.5, 0.6) is 10.9 Å². The van der Waals surface area contributed by atoms with E-state index < -0.39 is 0 Å². The van der Waals surface area contributed by atoms with Crippen LogP contribution in [0.25, 0.3) is 0 Å². The summed E-state index contributed by atoms with van der Waals surface area (Å²) in [4.78, 5) is 0. The Balaban J connectivity index is 2.10. The van der Waals surface area contributed by atoms with Crippen LogP contribution in [-0.2, 0) is 13.7 Å². The molecule has 0 spiro atoms. The largest absolute Gasteiger partial charge is 0.426 e. The van der Waals surface area contributed by atoms with Crippen molar-refractivity contribution in [3.8, 4) is 10.9 Å². The van der Waals surface area contributed by atoms with Crippen LogP contribution < -0.4 is 4.74 Å². The molecule has 0 atom stereocenters. The first-order chi connectivity index (χ1) is 6.78. The Morgan fingerprint density at radius 3 is 3.00 bits per heavy atom. The molecule has 0 aliphatic heterocycles. The summed E-state index contributed by atoms with van der Waals surface area (Å²) in [5.41, 5.74) is 0. The second-order valence-corrected chi connectivity index (χ2v) is 3.60. The normalized spacial score (nSPS) is 10.4. The van der Waals surface area contributed by atoms with E-state index in [-0.39, 0.29) is 6.61 Å². The van der Waals surface area contributed by atoms with E-state index in [2.05, 4.69) is 15.3 Å². The lowest BCUT2D eigenvalue weighted by Crippen LogP contribution is -1.84. The van der Waals surface area contributed by atoms with Gasteiger partial charge in [0.05, 0.1) is 19.0 Å². The summed E-state index contributed by atoms with van der Waals surface area (Å²) in [5.74, 6) is 0.605. The first-order valence-corrected chi connectivity index (χ1v) is 4.69. The average molecular weight is 212 g/mol. The van der Waals surface area contributed by atoms with Gasteiger partial charge in [-0.15, -0.1) is 5.10 Å². The lowest BCUT2D eigenvalue weighted by atomic mass is 10.7. The summed E-state index contributed by atoms with van der Waals surface area (Å²) in [5, 5.41) is 21.1. The van der Waals surface area contributed by atoms with Crippen molar-refractivity contribution in [1.82, 2.24) is 20.0 Å². The smallest absolute Gasteiger partial charge is 0.299 e. The number of aliphatic hydroxyl groups excluding tert-OH is 1. The predicted octanol–water partition coefficient (Wildman–Crippen LogP) is 0.556. The van der Waals surface area contributed by atoms with Gasteiger partial charge in [-0.2, -0.15) is 5.10 Å². The molecule has 0 aliphatic carbocycles. The Hall–Kier alpha value is -1.47. The highest BCUT2D eigenvalue weighted by atomic mass is 32.1. The fourth-order valence-corrected chi connectivity index (χ4v) is 1.46. The molecular formula is C7H8N4O2S. The number of ether oxygens (including phenoxy) is 1. The summed E-state index contributed by atoms with van der Waals surface area (Å²) in [7, 11) is 1.80. The minimum Gasteiger partial charge on any atom is -0.426 e. The van der Waals surface area contributed by atoms with Gasteiger partial charge in [0.25, 0.3) is 5.19 Å². The van der Waals surface area contributed by atoms with E-state index in [1.54, 1.807) is 24.1 Å². The fourth-order valence-electron chi connectivity index (χ4n) is 0.896. The standard InChI is InChI=1S/C7H8N4O2S/c1-11-3-5(2-8-11)13-7-10-9-6(4-12)14-7/h2-3,12H,4H2,1H3. The second kappa shape index (κ2) is 3.72. The van der Waals surface area contributed by atoms with E-state index in [0.717, 1.165) is 0 Å². The molecule has 2 aromatic heterocycles. The third-order valence-corrected chi connectivity index (χ3v) is 2.26. The van der Waals surface area contributed by atoms with E-state index in [1.807, 2.05) is 0 Å². The third-order valence-electron chi connectivity index (χ3n) is 1.47. The molecule has 1 N–H and O–H groups in total. The molecule has 0 aliphatic rings. The maximum atomic E-state index is 8.76. The van der Waals surface area contributed by atoms with Crippen molar-refractivity contribution in [2.75, 3.05) is 0 Å². The van der Waals surface area contributed by atoms with Gasteiger partial charge in [0.2, 0.25) is 0 Å². The molecule has 0 unspecified atom stereocenters. The van der Waals surface area contributed by atoms with Gasteiger partial charge in [0.1, 0.15) is 5.01 Å². The van der Waals surface area contributed by atoms with Gasteiger partial charge in [-0.1, -0.05) is 16.4 Å². The lowest BCUT2D eigenvalue weighted by molar-refractivity contribution is 0.280. The number of aliphatic hydroxyl groups is 1. The molecule has 0 bridgehead atoms. The molecule has 0 saturated carbocycles. The van der Waals surface area contributed by atoms with Gasteiger partial charge >= 0.3 is 0 Å². The molecule has 0 aromatic carbocycles. The number of hydrogen-bond donors (Lipinski definition) is 1. The van der Waals surface area contributed by atoms with Crippen molar-refractivity contribution in [2.45, 2.75) is 6.61 Å². The number of hydrogen-bond acceptors (Lipinski definition) is 6. The Labute approximate surface area is 83.8 Å². The van der Waals surface area contributed by atoms with E-state index in [1.165, 1.54) is 11.3 Å². The Bertz CT molecular complexity index is 425. The third kappa shape index (κ3) is 1.88. The quantitative estimate of drug-likeness (QED) is 0.804. The van der Waals surface area contributed by atoms with Crippen LogP contribution in [0.3, 0.4) is 0 Å².